The third-order valence-corrected chi connectivity index (χ3v) is 4.07. The topological polar surface area (TPSA) is 78.0 Å². The van der Waals surface area contributed by atoms with Gasteiger partial charge in [-0.05, 0) is 47.9 Å². The van der Waals surface area contributed by atoms with E-state index >= 15 is 0 Å². The molecule has 3 rings (SSSR count). The molecule has 0 aliphatic rings. The number of halogens is 3. The first-order valence-corrected chi connectivity index (χ1v) is 7.85. The highest BCUT2D eigenvalue weighted by atomic mass is 19.4. The van der Waals surface area contributed by atoms with Crippen molar-refractivity contribution in [2.24, 2.45) is 0 Å². The number of carbonyl (C=O) groups is 1. The summed E-state index contributed by atoms with van der Waals surface area (Å²) >= 11 is 0. The summed E-state index contributed by atoms with van der Waals surface area (Å²) in [5.41, 5.74) is 1.36. The highest BCUT2D eigenvalue weighted by Gasteiger charge is 2.32. The Morgan fingerprint density at radius 3 is 2.69 bits per heavy atom. The van der Waals surface area contributed by atoms with Crippen molar-refractivity contribution in [3.8, 4) is 11.1 Å². The predicted octanol–water partition coefficient (Wildman–Crippen LogP) is 3.28. The van der Waals surface area contributed by atoms with Gasteiger partial charge in [-0.25, -0.2) is 0 Å². The van der Waals surface area contributed by atoms with Gasteiger partial charge in [0, 0.05) is 17.5 Å². The van der Waals surface area contributed by atoms with Crippen LogP contribution in [0.1, 0.15) is 21.5 Å². The Balaban J connectivity index is 2.17. The molecule has 3 N–H and O–H groups in total. The second-order valence-electron chi connectivity index (χ2n) is 5.86. The summed E-state index contributed by atoms with van der Waals surface area (Å²) in [5, 5.41) is 18.3. The summed E-state index contributed by atoms with van der Waals surface area (Å²) in [6.45, 7) is 1.65. The fraction of sp³-hybridized carbons (Fsp3) is 0.222. The average molecular weight is 363 g/mol. The molecule has 1 heterocycles. The standard InChI is InChI=1S/C18H16F3N3O2/c1-10-2-3-11(17(26)22-4-5-25)6-13(10)14-7-12(18(19,20)21)8-16-15(14)9-23-24-16/h2-3,6-9,25H,4-5H2,1H3,(H,22,26)(H,23,24). The van der Waals surface area contributed by atoms with Crippen LogP contribution in [0.25, 0.3) is 22.0 Å². The van der Waals surface area contributed by atoms with Gasteiger partial charge in [0.15, 0.2) is 0 Å². The number of aryl methyl sites for hydroxylation is 1. The van der Waals surface area contributed by atoms with E-state index in [0.29, 0.717) is 22.1 Å². The van der Waals surface area contributed by atoms with E-state index in [0.717, 1.165) is 17.7 Å². The van der Waals surface area contributed by atoms with Gasteiger partial charge in [-0.3, -0.25) is 9.89 Å². The van der Waals surface area contributed by atoms with E-state index in [1.807, 2.05) is 0 Å². The van der Waals surface area contributed by atoms with E-state index in [9.17, 15) is 18.0 Å². The second kappa shape index (κ2) is 6.80. The number of rotatable bonds is 4. The third kappa shape index (κ3) is 3.41. The zero-order chi connectivity index (χ0) is 18.9. The normalized spacial score (nSPS) is 11.7. The minimum atomic E-state index is -4.50. The van der Waals surface area contributed by atoms with Crippen molar-refractivity contribution in [3.63, 3.8) is 0 Å². The molecule has 2 aromatic carbocycles. The van der Waals surface area contributed by atoms with Crippen LogP contribution >= 0.6 is 0 Å². The molecule has 1 amide bonds. The number of fused-ring (bicyclic) bond motifs is 1. The van der Waals surface area contributed by atoms with E-state index in [4.69, 9.17) is 5.11 Å². The van der Waals surface area contributed by atoms with Crippen molar-refractivity contribution in [2.75, 3.05) is 13.2 Å². The van der Waals surface area contributed by atoms with Gasteiger partial charge < -0.3 is 10.4 Å². The van der Waals surface area contributed by atoms with Crippen molar-refractivity contribution in [3.05, 3.63) is 53.2 Å². The smallest absolute Gasteiger partial charge is 0.395 e. The summed E-state index contributed by atoms with van der Waals surface area (Å²) in [6, 6.07) is 6.89. The van der Waals surface area contributed by atoms with Gasteiger partial charge in [-0.2, -0.15) is 18.3 Å². The van der Waals surface area contributed by atoms with Crippen molar-refractivity contribution in [1.29, 1.82) is 0 Å². The van der Waals surface area contributed by atoms with Gasteiger partial charge in [0.05, 0.1) is 23.9 Å². The highest BCUT2D eigenvalue weighted by molar-refractivity contribution is 5.99. The number of alkyl halides is 3. The van der Waals surface area contributed by atoms with Crippen molar-refractivity contribution >= 4 is 16.8 Å². The number of aromatic amines is 1. The Kier molecular flexibility index (Phi) is 4.69. The Bertz CT molecular complexity index is 964. The Hall–Kier alpha value is -2.87. The van der Waals surface area contributed by atoms with Crippen LogP contribution in [0.5, 0.6) is 0 Å². The van der Waals surface area contributed by atoms with Crippen LogP contribution in [-0.2, 0) is 6.18 Å². The van der Waals surface area contributed by atoms with Gasteiger partial charge >= 0.3 is 6.18 Å². The predicted molar refractivity (Wildman–Crippen MR) is 90.7 cm³/mol. The molecule has 0 aliphatic carbocycles. The molecule has 26 heavy (non-hydrogen) atoms. The number of aliphatic hydroxyl groups is 1. The molecule has 8 heteroatoms. The number of nitrogens with one attached hydrogen (secondary N) is 2. The maximum atomic E-state index is 13.2. The van der Waals surface area contributed by atoms with Gasteiger partial charge in [-0.15, -0.1) is 0 Å². The van der Waals surface area contributed by atoms with E-state index in [1.165, 1.54) is 6.20 Å². The molecule has 0 atom stereocenters. The average Bonchev–Trinajstić information content (AvgIpc) is 3.07. The zero-order valence-corrected chi connectivity index (χ0v) is 13.8. The largest absolute Gasteiger partial charge is 0.416 e. The number of nitrogens with zero attached hydrogens (tertiary/aromatic N) is 1. The summed E-state index contributed by atoms with van der Waals surface area (Å²) < 4.78 is 39.7. The number of amides is 1. The van der Waals surface area contributed by atoms with Gasteiger partial charge in [0.1, 0.15) is 0 Å². The zero-order valence-electron chi connectivity index (χ0n) is 13.8. The summed E-state index contributed by atoms with van der Waals surface area (Å²) in [4.78, 5) is 12.1. The molecule has 0 aliphatic heterocycles. The van der Waals surface area contributed by atoms with Crippen molar-refractivity contribution in [1.82, 2.24) is 15.5 Å². The lowest BCUT2D eigenvalue weighted by Gasteiger charge is -2.13. The highest BCUT2D eigenvalue weighted by Crippen LogP contribution is 2.37. The summed E-state index contributed by atoms with van der Waals surface area (Å²) in [6.07, 6.45) is -3.04. The summed E-state index contributed by atoms with van der Waals surface area (Å²) in [5.74, 6) is -0.407. The van der Waals surface area contributed by atoms with Crippen molar-refractivity contribution < 1.29 is 23.1 Å². The molecule has 0 unspecified atom stereocenters. The molecule has 0 saturated heterocycles. The lowest BCUT2D eigenvalue weighted by Crippen LogP contribution is -2.26. The minimum Gasteiger partial charge on any atom is -0.395 e. The molecule has 5 nitrogen and oxygen atoms in total. The van der Waals surface area contributed by atoms with Crippen LogP contribution < -0.4 is 5.32 Å². The first kappa shape index (κ1) is 17.9. The molecule has 0 radical (unpaired) electrons. The van der Waals surface area contributed by atoms with Crippen LogP contribution in [0.15, 0.2) is 36.5 Å². The molecule has 0 fully saturated rings. The van der Waals surface area contributed by atoms with Gasteiger partial charge in [0.2, 0.25) is 0 Å². The first-order valence-electron chi connectivity index (χ1n) is 7.85. The maximum Gasteiger partial charge on any atom is 0.416 e. The van der Waals surface area contributed by atoms with Crippen molar-refractivity contribution in [2.45, 2.75) is 13.1 Å². The van der Waals surface area contributed by atoms with E-state index in [2.05, 4.69) is 15.5 Å². The SMILES string of the molecule is Cc1ccc(C(=O)NCCO)cc1-c1cc(C(F)(F)F)cc2[nH]ncc12. The quantitative estimate of drug-likeness (QED) is 0.666. The Morgan fingerprint density at radius 1 is 1.23 bits per heavy atom. The molecule has 136 valence electrons. The number of hydrogen-bond acceptors (Lipinski definition) is 3. The molecule has 3 aromatic rings. The number of aliphatic hydroxyl groups excluding tert-OH is 1. The van der Waals surface area contributed by atoms with Crippen LogP contribution in [0.3, 0.4) is 0 Å². The van der Waals surface area contributed by atoms with E-state index in [1.54, 1.807) is 25.1 Å². The molecule has 0 bridgehead atoms. The lowest BCUT2D eigenvalue weighted by atomic mass is 9.94. The van der Waals surface area contributed by atoms with Crippen LogP contribution in [0.4, 0.5) is 13.2 Å². The van der Waals surface area contributed by atoms with Gasteiger partial charge in [0.25, 0.3) is 5.91 Å². The third-order valence-electron chi connectivity index (χ3n) is 4.07. The second-order valence-corrected chi connectivity index (χ2v) is 5.86. The molecule has 0 saturated carbocycles. The lowest BCUT2D eigenvalue weighted by molar-refractivity contribution is -0.137. The fourth-order valence-electron chi connectivity index (χ4n) is 2.76. The monoisotopic (exact) mass is 363 g/mol. The van der Waals surface area contributed by atoms with Crippen LogP contribution in [0, 0.1) is 6.92 Å². The number of H-pyrrole nitrogens is 1. The van der Waals surface area contributed by atoms with Crippen LogP contribution in [-0.4, -0.2) is 34.4 Å². The number of hydrogen-bond donors (Lipinski definition) is 3. The number of carbonyl (C=O) groups excluding carboxylic acids is 1. The molecular formula is C18H16F3N3O2. The minimum absolute atomic E-state index is 0.0948. The fourth-order valence-corrected chi connectivity index (χ4v) is 2.76. The van der Waals surface area contributed by atoms with Crippen LogP contribution in [0.2, 0.25) is 0 Å². The Labute approximate surface area is 146 Å². The molecular weight excluding hydrogens is 347 g/mol. The maximum absolute atomic E-state index is 13.2. The van der Waals surface area contributed by atoms with E-state index in [-0.39, 0.29) is 18.7 Å². The number of aromatic nitrogens is 2. The molecule has 0 spiro atoms. The van der Waals surface area contributed by atoms with Gasteiger partial charge in [-0.1, -0.05) is 6.07 Å². The Morgan fingerprint density at radius 2 is 2.00 bits per heavy atom. The number of benzene rings is 2. The summed E-state index contributed by atoms with van der Waals surface area (Å²) in [7, 11) is 0. The van der Waals surface area contributed by atoms with E-state index < -0.39 is 17.6 Å². The first-order chi connectivity index (χ1) is 12.3. The molecule has 1 aromatic heterocycles.